The molecule has 152 valence electrons. The van der Waals surface area contributed by atoms with Gasteiger partial charge in [0.05, 0.1) is 11.9 Å². The van der Waals surface area contributed by atoms with Crippen LogP contribution in [-0.2, 0) is 6.54 Å². The second-order valence-corrected chi connectivity index (χ2v) is 7.89. The van der Waals surface area contributed by atoms with E-state index < -0.39 is 5.82 Å². The van der Waals surface area contributed by atoms with E-state index in [1.165, 1.54) is 30.1 Å². The molecule has 1 fully saturated rings. The van der Waals surface area contributed by atoms with E-state index in [1.807, 2.05) is 39.1 Å². The molecule has 7 heteroatoms. The molecule has 1 N–H and O–H groups in total. The van der Waals surface area contributed by atoms with Gasteiger partial charge in [-0.05, 0) is 70.0 Å². The summed E-state index contributed by atoms with van der Waals surface area (Å²) in [5.74, 6) is -0.00000182. The van der Waals surface area contributed by atoms with Crippen molar-refractivity contribution >= 4 is 11.6 Å². The summed E-state index contributed by atoms with van der Waals surface area (Å²) in [6, 6.07) is 6.11. The number of halogens is 1. The zero-order valence-electron chi connectivity index (χ0n) is 17.2. The fourth-order valence-electron chi connectivity index (χ4n) is 3.87. The highest BCUT2D eigenvalue weighted by molar-refractivity contribution is 5.56. The zero-order valence-corrected chi connectivity index (χ0v) is 17.2. The van der Waals surface area contributed by atoms with Crippen molar-refractivity contribution in [1.29, 1.82) is 0 Å². The highest BCUT2D eigenvalue weighted by Gasteiger charge is 2.17. The Kier molecular flexibility index (Phi) is 5.58. The van der Waals surface area contributed by atoms with E-state index in [2.05, 4.69) is 31.3 Å². The van der Waals surface area contributed by atoms with Gasteiger partial charge in [0.25, 0.3) is 0 Å². The maximum Gasteiger partial charge on any atom is 0.229 e. The number of nitrogens with one attached hydrogen (secondary N) is 1. The first-order chi connectivity index (χ1) is 14.0. The minimum Gasteiger partial charge on any atom is -0.324 e. The topological polar surface area (TPSA) is 58.9 Å². The van der Waals surface area contributed by atoms with Gasteiger partial charge in [0, 0.05) is 24.0 Å². The normalized spacial score (nSPS) is 14.9. The molecule has 0 atom stereocenters. The van der Waals surface area contributed by atoms with E-state index in [1.54, 1.807) is 0 Å². The van der Waals surface area contributed by atoms with E-state index in [0.29, 0.717) is 5.95 Å². The first-order valence-corrected chi connectivity index (χ1v) is 10.1. The quantitative estimate of drug-likeness (QED) is 0.693. The van der Waals surface area contributed by atoms with Crippen molar-refractivity contribution in [3.63, 3.8) is 0 Å². The molecule has 0 saturated carbocycles. The van der Waals surface area contributed by atoms with Crippen LogP contribution >= 0.6 is 0 Å². The van der Waals surface area contributed by atoms with Gasteiger partial charge in [-0.3, -0.25) is 4.90 Å². The van der Waals surface area contributed by atoms with Crippen LogP contribution in [0.1, 0.15) is 41.6 Å². The molecule has 0 amide bonds. The minimum atomic E-state index is -0.497. The predicted octanol–water partition coefficient (Wildman–Crippen LogP) is 4.46. The second kappa shape index (κ2) is 8.29. The van der Waals surface area contributed by atoms with E-state index >= 15 is 0 Å². The number of hydrogen-bond acceptors (Lipinski definition) is 5. The number of likely N-dealkylation sites (tertiary alicyclic amines) is 1. The van der Waals surface area contributed by atoms with Crippen LogP contribution in [0.3, 0.4) is 0 Å². The van der Waals surface area contributed by atoms with Crippen molar-refractivity contribution in [3.8, 4) is 5.82 Å². The summed E-state index contributed by atoms with van der Waals surface area (Å²) >= 11 is 0. The van der Waals surface area contributed by atoms with Crippen LogP contribution in [-0.4, -0.2) is 37.7 Å². The molecule has 1 aromatic carbocycles. The number of piperidine rings is 1. The van der Waals surface area contributed by atoms with Crippen molar-refractivity contribution < 1.29 is 4.39 Å². The second-order valence-electron chi connectivity index (χ2n) is 7.89. The first kappa shape index (κ1) is 19.5. The molecule has 1 aliphatic heterocycles. The largest absolute Gasteiger partial charge is 0.324 e. The van der Waals surface area contributed by atoms with E-state index in [4.69, 9.17) is 0 Å². The molecule has 0 aliphatic carbocycles. The highest BCUT2D eigenvalue weighted by Crippen LogP contribution is 2.21. The van der Waals surface area contributed by atoms with Gasteiger partial charge in [-0.25, -0.2) is 14.1 Å². The first-order valence-electron chi connectivity index (χ1n) is 10.1. The Hall–Kier alpha value is -2.80. The molecular weight excluding hydrogens is 367 g/mol. The summed E-state index contributed by atoms with van der Waals surface area (Å²) in [6.45, 7) is 9.08. The molecule has 0 spiro atoms. The van der Waals surface area contributed by atoms with Gasteiger partial charge in [0.2, 0.25) is 5.95 Å². The molecule has 29 heavy (non-hydrogen) atoms. The van der Waals surface area contributed by atoms with E-state index in [-0.39, 0.29) is 5.82 Å². The van der Waals surface area contributed by atoms with Gasteiger partial charge in [-0.15, -0.1) is 0 Å². The number of benzene rings is 1. The van der Waals surface area contributed by atoms with Crippen LogP contribution in [0, 0.1) is 26.6 Å². The molecule has 1 saturated heterocycles. The molecule has 0 radical (unpaired) electrons. The Bertz CT molecular complexity index is 986. The van der Waals surface area contributed by atoms with Crippen LogP contribution in [0.15, 0.2) is 30.6 Å². The molecule has 3 heterocycles. The highest BCUT2D eigenvalue weighted by atomic mass is 19.1. The number of nitrogens with zero attached hydrogens (tertiary/aromatic N) is 5. The summed E-state index contributed by atoms with van der Waals surface area (Å²) in [7, 11) is 0. The fourth-order valence-corrected chi connectivity index (χ4v) is 3.87. The van der Waals surface area contributed by atoms with Gasteiger partial charge in [0.1, 0.15) is 0 Å². The van der Waals surface area contributed by atoms with Crippen molar-refractivity contribution in [3.05, 3.63) is 58.8 Å². The fraction of sp³-hybridized carbons (Fsp3) is 0.409. The van der Waals surface area contributed by atoms with Crippen molar-refractivity contribution in [2.24, 2.45) is 0 Å². The lowest BCUT2D eigenvalue weighted by molar-refractivity contribution is 0.220. The lowest BCUT2D eigenvalue weighted by atomic mass is 10.1. The average molecular weight is 394 g/mol. The van der Waals surface area contributed by atoms with Crippen molar-refractivity contribution in [1.82, 2.24) is 24.6 Å². The molecule has 0 unspecified atom stereocenters. The van der Waals surface area contributed by atoms with Crippen molar-refractivity contribution in [2.75, 3.05) is 18.4 Å². The van der Waals surface area contributed by atoms with Crippen LogP contribution in [0.2, 0.25) is 0 Å². The molecule has 6 nitrogen and oxygen atoms in total. The van der Waals surface area contributed by atoms with Crippen LogP contribution in [0.5, 0.6) is 0 Å². The molecule has 0 bridgehead atoms. The Labute approximate surface area is 170 Å². The smallest absolute Gasteiger partial charge is 0.229 e. The van der Waals surface area contributed by atoms with Gasteiger partial charge in [-0.1, -0.05) is 12.5 Å². The summed E-state index contributed by atoms with van der Waals surface area (Å²) in [6.07, 6.45) is 6.85. The van der Waals surface area contributed by atoms with Gasteiger partial charge in [0.15, 0.2) is 11.6 Å². The van der Waals surface area contributed by atoms with Gasteiger partial charge >= 0.3 is 0 Å². The summed E-state index contributed by atoms with van der Waals surface area (Å²) in [5, 5.41) is 7.69. The molecule has 2 aromatic heterocycles. The van der Waals surface area contributed by atoms with Crippen LogP contribution in [0.25, 0.3) is 5.82 Å². The van der Waals surface area contributed by atoms with E-state index in [9.17, 15) is 4.39 Å². The SMILES string of the molecule is Cc1cc(C)cc(Nc2ncc(F)c(-n3cc(CN4CCCCC4)c(C)n3)n2)c1. The molecular formula is C22H27FN6. The molecule has 1 aliphatic rings. The maximum absolute atomic E-state index is 14.5. The number of hydrogen-bond donors (Lipinski definition) is 1. The van der Waals surface area contributed by atoms with Crippen molar-refractivity contribution in [2.45, 2.75) is 46.6 Å². The third-order valence-electron chi connectivity index (χ3n) is 5.26. The monoisotopic (exact) mass is 394 g/mol. The third kappa shape index (κ3) is 4.62. The van der Waals surface area contributed by atoms with E-state index in [0.717, 1.165) is 47.7 Å². The average Bonchev–Trinajstić information content (AvgIpc) is 3.03. The number of rotatable bonds is 5. The van der Waals surface area contributed by atoms with Gasteiger partial charge in [-0.2, -0.15) is 10.1 Å². The molecule has 3 aromatic rings. The summed E-state index contributed by atoms with van der Waals surface area (Å²) in [4.78, 5) is 10.9. The number of aromatic nitrogens is 4. The Balaban J connectivity index is 1.58. The molecule has 4 rings (SSSR count). The van der Waals surface area contributed by atoms with Crippen LogP contribution < -0.4 is 5.32 Å². The Morgan fingerprint density at radius 3 is 2.48 bits per heavy atom. The van der Waals surface area contributed by atoms with Gasteiger partial charge < -0.3 is 5.32 Å². The number of aryl methyl sites for hydroxylation is 3. The number of anilines is 2. The zero-order chi connectivity index (χ0) is 20.4. The summed E-state index contributed by atoms with van der Waals surface area (Å²) < 4.78 is 16.0. The summed E-state index contributed by atoms with van der Waals surface area (Å²) in [5.41, 5.74) is 5.16. The lowest BCUT2D eigenvalue weighted by Gasteiger charge is -2.25. The lowest BCUT2D eigenvalue weighted by Crippen LogP contribution is -2.29. The van der Waals surface area contributed by atoms with Crippen LogP contribution in [0.4, 0.5) is 16.0 Å². The minimum absolute atomic E-state index is 0.153. The maximum atomic E-state index is 14.5. The predicted molar refractivity (Wildman–Crippen MR) is 112 cm³/mol. The standard InChI is InChI=1S/C22H27FN6/c1-15-9-16(2)11-19(10-15)25-22-24-12-20(23)21(26-22)29-14-18(17(3)27-29)13-28-7-5-4-6-8-28/h9-12,14H,4-8,13H2,1-3H3,(H,24,25,26). The Morgan fingerprint density at radius 2 is 1.76 bits per heavy atom. The third-order valence-corrected chi connectivity index (χ3v) is 5.26. The Morgan fingerprint density at radius 1 is 1.03 bits per heavy atom.